The van der Waals surface area contributed by atoms with E-state index >= 15 is 0 Å². The molecule has 0 heterocycles. The van der Waals surface area contributed by atoms with Gasteiger partial charge in [-0.25, -0.2) is 0 Å². The van der Waals surface area contributed by atoms with Crippen LogP contribution >= 0.6 is 11.6 Å². The van der Waals surface area contributed by atoms with Gasteiger partial charge in [0.25, 0.3) is 0 Å². The molecule has 2 aromatic rings. The first kappa shape index (κ1) is 13.0. The fourth-order valence-electron chi connectivity index (χ4n) is 1.66. The number of halogens is 4. The average Bonchev–Trinajstić information content (AvgIpc) is 2.29. The minimum absolute atomic E-state index is 0.312. The van der Waals surface area contributed by atoms with Crippen molar-refractivity contribution >= 4 is 11.6 Å². The molecule has 18 heavy (non-hydrogen) atoms. The van der Waals surface area contributed by atoms with Gasteiger partial charge in [-0.2, -0.15) is 13.2 Å². The molecule has 0 saturated carbocycles. The predicted molar refractivity (Wildman–Crippen MR) is 66.6 cm³/mol. The Labute approximate surface area is 108 Å². The molecule has 0 N–H and O–H groups in total. The Morgan fingerprint density at radius 1 is 0.944 bits per heavy atom. The largest absolute Gasteiger partial charge is 0.416 e. The Kier molecular flexibility index (Phi) is 3.35. The summed E-state index contributed by atoms with van der Waals surface area (Å²) in [6.45, 7) is 1.91. The molecule has 0 nitrogen and oxygen atoms in total. The van der Waals surface area contributed by atoms with E-state index in [-0.39, 0.29) is 0 Å². The standard InChI is InChI=1S/C14H10ClF3/c1-9-2-4-10(5-3-9)12-8-11(14(16,17)18)6-7-13(12)15/h2-8H,1H3. The molecule has 4 heteroatoms. The highest BCUT2D eigenvalue weighted by Crippen LogP contribution is 2.35. The topological polar surface area (TPSA) is 0 Å². The van der Waals surface area contributed by atoms with Gasteiger partial charge in [-0.15, -0.1) is 0 Å². The Bertz CT molecular complexity index is 556. The highest BCUT2D eigenvalue weighted by molar-refractivity contribution is 6.33. The Balaban J connectivity index is 2.53. The average molecular weight is 271 g/mol. The molecule has 0 saturated heterocycles. The van der Waals surface area contributed by atoms with Gasteiger partial charge in [0.2, 0.25) is 0 Å². The summed E-state index contributed by atoms with van der Waals surface area (Å²) in [7, 11) is 0. The molecule has 0 bridgehead atoms. The van der Waals surface area contributed by atoms with Gasteiger partial charge in [-0.1, -0.05) is 41.4 Å². The maximum atomic E-state index is 12.6. The molecule has 0 spiro atoms. The quantitative estimate of drug-likeness (QED) is 0.657. The Morgan fingerprint density at radius 3 is 2.11 bits per heavy atom. The summed E-state index contributed by atoms with van der Waals surface area (Å²) in [4.78, 5) is 0. The van der Waals surface area contributed by atoms with E-state index in [0.29, 0.717) is 16.1 Å². The van der Waals surface area contributed by atoms with Crippen LogP contribution < -0.4 is 0 Å². The van der Waals surface area contributed by atoms with Crippen molar-refractivity contribution < 1.29 is 13.2 Å². The van der Waals surface area contributed by atoms with Crippen molar-refractivity contribution in [1.29, 1.82) is 0 Å². The van der Waals surface area contributed by atoms with E-state index in [1.54, 1.807) is 12.1 Å². The fraction of sp³-hybridized carbons (Fsp3) is 0.143. The van der Waals surface area contributed by atoms with Gasteiger partial charge in [0.05, 0.1) is 5.56 Å². The zero-order valence-corrected chi connectivity index (χ0v) is 10.3. The van der Waals surface area contributed by atoms with Crippen molar-refractivity contribution in [2.75, 3.05) is 0 Å². The summed E-state index contributed by atoms with van der Waals surface area (Å²) in [5.74, 6) is 0. The molecule has 0 amide bonds. The van der Waals surface area contributed by atoms with Gasteiger partial charge in [0.15, 0.2) is 0 Å². The lowest BCUT2D eigenvalue weighted by Gasteiger charge is -2.10. The molecule has 94 valence electrons. The van der Waals surface area contributed by atoms with Crippen LogP contribution in [0.1, 0.15) is 11.1 Å². The predicted octanol–water partition coefficient (Wildman–Crippen LogP) is 5.33. The van der Waals surface area contributed by atoms with E-state index in [1.807, 2.05) is 19.1 Å². The van der Waals surface area contributed by atoms with E-state index in [2.05, 4.69) is 0 Å². The Hall–Kier alpha value is -1.48. The second-order valence-corrected chi connectivity index (χ2v) is 4.47. The molecule has 0 aromatic heterocycles. The molecule has 2 rings (SSSR count). The lowest BCUT2D eigenvalue weighted by molar-refractivity contribution is -0.137. The number of benzene rings is 2. The summed E-state index contributed by atoms with van der Waals surface area (Å²) in [6, 6.07) is 10.5. The number of rotatable bonds is 1. The van der Waals surface area contributed by atoms with E-state index in [1.165, 1.54) is 6.07 Å². The molecule has 0 unspecified atom stereocenters. The van der Waals surface area contributed by atoms with Crippen molar-refractivity contribution in [3.05, 3.63) is 58.6 Å². The van der Waals surface area contributed by atoms with Crippen molar-refractivity contribution in [2.24, 2.45) is 0 Å². The number of aryl methyl sites for hydroxylation is 1. The number of alkyl halides is 3. The minimum atomic E-state index is -4.36. The van der Waals surface area contributed by atoms with Crippen LogP contribution in [0.25, 0.3) is 11.1 Å². The highest BCUT2D eigenvalue weighted by Gasteiger charge is 2.30. The molecule has 0 aliphatic heterocycles. The van der Waals surface area contributed by atoms with Crippen LogP contribution in [0.2, 0.25) is 5.02 Å². The van der Waals surface area contributed by atoms with Gasteiger partial charge in [-0.3, -0.25) is 0 Å². The van der Waals surface area contributed by atoms with Crippen LogP contribution in [-0.2, 0) is 6.18 Å². The van der Waals surface area contributed by atoms with Crippen LogP contribution in [0.3, 0.4) is 0 Å². The van der Waals surface area contributed by atoms with Crippen molar-refractivity contribution in [2.45, 2.75) is 13.1 Å². The second-order valence-electron chi connectivity index (χ2n) is 4.06. The Morgan fingerprint density at radius 2 is 1.56 bits per heavy atom. The highest BCUT2D eigenvalue weighted by atomic mass is 35.5. The van der Waals surface area contributed by atoms with Crippen molar-refractivity contribution in [3.8, 4) is 11.1 Å². The summed E-state index contributed by atoms with van der Waals surface area (Å²) in [5, 5.41) is 0.312. The zero-order valence-electron chi connectivity index (χ0n) is 9.55. The number of hydrogen-bond acceptors (Lipinski definition) is 0. The van der Waals surface area contributed by atoms with Gasteiger partial charge in [-0.05, 0) is 30.7 Å². The summed E-state index contributed by atoms with van der Waals surface area (Å²) in [6.07, 6.45) is -4.36. The van der Waals surface area contributed by atoms with Crippen LogP contribution in [0, 0.1) is 6.92 Å². The molecule has 0 atom stereocenters. The van der Waals surface area contributed by atoms with Crippen LogP contribution in [0.15, 0.2) is 42.5 Å². The molecular formula is C14H10ClF3. The van der Waals surface area contributed by atoms with E-state index in [0.717, 1.165) is 17.7 Å². The van der Waals surface area contributed by atoms with Crippen molar-refractivity contribution in [3.63, 3.8) is 0 Å². The smallest absolute Gasteiger partial charge is 0.166 e. The van der Waals surface area contributed by atoms with E-state index in [9.17, 15) is 13.2 Å². The second kappa shape index (κ2) is 4.65. The first-order valence-corrected chi connectivity index (χ1v) is 5.69. The van der Waals surface area contributed by atoms with E-state index in [4.69, 9.17) is 11.6 Å². The normalized spacial score (nSPS) is 11.6. The van der Waals surface area contributed by atoms with Crippen molar-refractivity contribution in [1.82, 2.24) is 0 Å². The molecule has 0 fully saturated rings. The summed E-state index contributed by atoms with van der Waals surface area (Å²) < 4.78 is 37.9. The maximum Gasteiger partial charge on any atom is 0.416 e. The van der Waals surface area contributed by atoms with Gasteiger partial charge in [0.1, 0.15) is 0 Å². The van der Waals surface area contributed by atoms with Crippen LogP contribution in [0.5, 0.6) is 0 Å². The third-order valence-electron chi connectivity index (χ3n) is 2.66. The SMILES string of the molecule is Cc1ccc(-c2cc(C(F)(F)F)ccc2Cl)cc1. The van der Waals surface area contributed by atoms with Gasteiger partial charge < -0.3 is 0 Å². The molecule has 2 aromatic carbocycles. The first-order chi connectivity index (χ1) is 8.38. The monoisotopic (exact) mass is 270 g/mol. The maximum absolute atomic E-state index is 12.6. The zero-order chi connectivity index (χ0) is 13.3. The third kappa shape index (κ3) is 2.67. The fourth-order valence-corrected chi connectivity index (χ4v) is 1.88. The molecule has 0 radical (unpaired) electrons. The number of hydrogen-bond donors (Lipinski definition) is 0. The summed E-state index contributed by atoms with van der Waals surface area (Å²) >= 11 is 5.95. The van der Waals surface area contributed by atoms with Crippen LogP contribution in [-0.4, -0.2) is 0 Å². The van der Waals surface area contributed by atoms with Crippen LogP contribution in [0.4, 0.5) is 13.2 Å². The lowest BCUT2D eigenvalue weighted by Crippen LogP contribution is -2.04. The molecule has 0 aliphatic rings. The third-order valence-corrected chi connectivity index (χ3v) is 2.99. The molecule has 0 aliphatic carbocycles. The lowest BCUT2D eigenvalue weighted by atomic mass is 10.0. The minimum Gasteiger partial charge on any atom is -0.166 e. The first-order valence-electron chi connectivity index (χ1n) is 5.32. The van der Waals surface area contributed by atoms with E-state index < -0.39 is 11.7 Å². The molecular weight excluding hydrogens is 261 g/mol. The van der Waals surface area contributed by atoms with Gasteiger partial charge in [0, 0.05) is 10.6 Å². The summed E-state index contributed by atoms with van der Waals surface area (Å²) in [5.41, 5.74) is 1.42. The van der Waals surface area contributed by atoms with Gasteiger partial charge >= 0.3 is 6.18 Å².